The number of carbonyl (C=O) groups excluding carboxylic acids is 1. The van der Waals surface area contributed by atoms with Crippen LogP contribution in [-0.2, 0) is 9.53 Å². The molecule has 2 aromatic rings. The highest BCUT2D eigenvalue weighted by Gasteiger charge is 2.05. The highest BCUT2D eigenvalue weighted by atomic mass is 32.2. The fourth-order valence-corrected chi connectivity index (χ4v) is 2.93. The van der Waals surface area contributed by atoms with E-state index in [1.54, 1.807) is 6.92 Å². The molecule has 126 valence electrons. The Balaban J connectivity index is 1.89. The highest BCUT2D eigenvalue weighted by Crippen LogP contribution is 2.22. The van der Waals surface area contributed by atoms with Crippen LogP contribution in [0.2, 0.25) is 0 Å². The molecule has 0 saturated carbocycles. The van der Waals surface area contributed by atoms with Crippen LogP contribution >= 0.6 is 24.0 Å². The normalized spacial score (nSPS) is 10.1. The molecule has 2 N–H and O–H groups in total. The van der Waals surface area contributed by atoms with E-state index in [0.717, 1.165) is 16.3 Å². The molecular weight excluding hydrogens is 340 g/mol. The smallest absolute Gasteiger partial charge is 0.316 e. The van der Waals surface area contributed by atoms with Gasteiger partial charge in [-0.1, -0.05) is 23.8 Å². The Labute approximate surface area is 152 Å². The van der Waals surface area contributed by atoms with Gasteiger partial charge in [0.15, 0.2) is 5.11 Å². The Hall–Kier alpha value is -2.05. The van der Waals surface area contributed by atoms with Gasteiger partial charge in [-0.25, -0.2) is 0 Å². The van der Waals surface area contributed by atoms with Crippen molar-refractivity contribution in [3.63, 3.8) is 0 Å². The quantitative estimate of drug-likeness (QED) is 0.451. The maximum Gasteiger partial charge on any atom is 0.316 e. The van der Waals surface area contributed by atoms with Crippen LogP contribution in [0.15, 0.2) is 53.4 Å². The summed E-state index contributed by atoms with van der Waals surface area (Å²) in [5.74, 6) is 0.0843. The molecule has 2 rings (SSSR count). The number of hydrogen-bond acceptors (Lipinski definition) is 4. The van der Waals surface area contributed by atoms with E-state index in [2.05, 4.69) is 10.6 Å². The standard InChI is InChI=1S/C18H20N2O2S2/c1-3-22-17(21)12-24-16-6-4-5-15(11-16)20-18(23)19-14-9-7-13(2)8-10-14/h4-11H,3,12H2,1-2H3,(H2,19,20,23). The van der Waals surface area contributed by atoms with Crippen molar-refractivity contribution in [3.05, 3.63) is 54.1 Å². The Morgan fingerprint density at radius 3 is 2.54 bits per heavy atom. The van der Waals surface area contributed by atoms with Crippen LogP contribution in [0.4, 0.5) is 11.4 Å². The van der Waals surface area contributed by atoms with Crippen LogP contribution in [0.25, 0.3) is 0 Å². The molecule has 0 atom stereocenters. The lowest BCUT2D eigenvalue weighted by molar-refractivity contribution is -0.139. The van der Waals surface area contributed by atoms with Gasteiger partial charge in [0.25, 0.3) is 0 Å². The lowest BCUT2D eigenvalue weighted by Gasteiger charge is -2.11. The van der Waals surface area contributed by atoms with Crippen LogP contribution in [0, 0.1) is 6.92 Å². The Kier molecular flexibility index (Phi) is 7.08. The number of esters is 1. The van der Waals surface area contributed by atoms with Gasteiger partial charge in [-0.2, -0.15) is 0 Å². The minimum atomic E-state index is -0.211. The summed E-state index contributed by atoms with van der Waals surface area (Å²) in [6.45, 7) is 4.24. The van der Waals surface area contributed by atoms with E-state index >= 15 is 0 Å². The largest absolute Gasteiger partial charge is 0.465 e. The SMILES string of the molecule is CCOC(=O)CSc1cccc(NC(=S)Nc2ccc(C)cc2)c1. The number of benzene rings is 2. The van der Waals surface area contributed by atoms with Crippen molar-refractivity contribution in [1.82, 2.24) is 0 Å². The van der Waals surface area contributed by atoms with E-state index in [9.17, 15) is 4.79 Å². The molecule has 0 aliphatic heterocycles. The van der Waals surface area contributed by atoms with E-state index in [-0.39, 0.29) is 5.97 Å². The number of hydrogen-bond donors (Lipinski definition) is 2. The van der Waals surface area contributed by atoms with Crippen LogP contribution in [-0.4, -0.2) is 23.4 Å². The number of thiocarbonyl (C=S) groups is 1. The summed E-state index contributed by atoms with van der Waals surface area (Å²) < 4.78 is 4.93. The molecule has 0 heterocycles. The molecule has 0 unspecified atom stereocenters. The zero-order valence-corrected chi connectivity index (χ0v) is 15.3. The lowest BCUT2D eigenvalue weighted by Crippen LogP contribution is -2.19. The second-order valence-corrected chi connectivity index (χ2v) is 6.52. The van der Waals surface area contributed by atoms with E-state index < -0.39 is 0 Å². The third kappa shape index (κ3) is 6.22. The molecule has 0 aliphatic rings. The number of thioether (sulfide) groups is 1. The van der Waals surface area contributed by atoms with Gasteiger partial charge in [-0.3, -0.25) is 4.79 Å². The topological polar surface area (TPSA) is 50.4 Å². The molecule has 0 spiro atoms. The summed E-state index contributed by atoms with van der Waals surface area (Å²) in [5.41, 5.74) is 3.00. The Morgan fingerprint density at radius 1 is 1.12 bits per heavy atom. The minimum Gasteiger partial charge on any atom is -0.465 e. The van der Waals surface area contributed by atoms with Crippen LogP contribution < -0.4 is 10.6 Å². The maximum atomic E-state index is 11.4. The van der Waals surface area contributed by atoms with E-state index in [0.29, 0.717) is 17.5 Å². The molecule has 0 radical (unpaired) electrons. The first-order valence-electron chi connectivity index (χ1n) is 7.60. The van der Waals surface area contributed by atoms with Crippen molar-refractivity contribution in [1.29, 1.82) is 0 Å². The molecule has 0 fully saturated rings. The lowest BCUT2D eigenvalue weighted by atomic mass is 10.2. The summed E-state index contributed by atoms with van der Waals surface area (Å²) >= 11 is 6.77. The van der Waals surface area contributed by atoms with Gasteiger partial charge in [0.05, 0.1) is 12.4 Å². The first-order valence-corrected chi connectivity index (χ1v) is 8.99. The van der Waals surface area contributed by atoms with Crippen LogP contribution in [0.1, 0.15) is 12.5 Å². The number of carbonyl (C=O) groups is 1. The fourth-order valence-electron chi connectivity index (χ4n) is 1.94. The second kappa shape index (κ2) is 9.30. The Morgan fingerprint density at radius 2 is 1.83 bits per heavy atom. The van der Waals surface area contributed by atoms with Crippen molar-refractivity contribution in [3.8, 4) is 0 Å². The number of nitrogens with one attached hydrogen (secondary N) is 2. The number of ether oxygens (including phenoxy) is 1. The Bertz CT molecular complexity index is 702. The van der Waals surface area contributed by atoms with Gasteiger partial charge in [0, 0.05) is 16.3 Å². The minimum absolute atomic E-state index is 0.211. The average Bonchev–Trinajstić information content (AvgIpc) is 2.56. The summed E-state index contributed by atoms with van der Waals surface area (Å²) in [5, 5.41) is 6.81. The van der Waals surface area contributed by atoms with Gasteiger partial charge in [-0.15, -0.1) is 11.8 Å². The zero-order valence-electron chi connectivity index (χ0n) is 13.7. The van der Waals surface area contributed by atoms with Gasteiger partial charge in [0.2, 0.25) is 0 Å². The predicted molar refractivity (Wildman–Crippen MR) is 105 cm³/mol. The highest BCUT2D eigenvalue weighted by molar-refractivity contribution is 8.00. The molecule has 2 aromatic carbocycles. The number of anilines is 2. The average molecular weight is 361 g/mol. The molecule has 0 aromatic heterocycles. The molecule has 6 heteroatoms. The molecule has 4 nitrogen and oxygen atoms in total. The van der Waals surface area contributed by atoms with Crippen molar-refractivity contribution < 1.29 is 9.53 Å². The van der Waals surface area contributed by atoms with Crippen molar-refractivity contribution in [2.24, 2.45) is 0 Å². The second-order valence-electron chi connectivity index (χ2n) is 5.07. The molecule has 0 amide bonds. The van der Waals surface area contributed by atoms with E-state index in [4.69, 9.17) is 17.0 Å². The summed E-state index contributed by atoms with van der Waals surface area (Å²) in [4.78, 5) is 12.4. The van der Waals surface area contributed by atoms with Gasteiger partial charge in [0.1, 0.15) is 0 Å². The van der Waals surface area contributed by atoms with Crippen LogP contribution in [0.5, 0.6) is 0 Å². The van der Waals surface area contributed by atoms with E-state index in [1.165, 1.54) is 17.3 Å². The van der Waals surface area contributed by atoms with Gasteiger partial charge >= 0.3 is 5.97 Å². The molecule has 0 bridgehead atoms. The molecule has 0 aliphatic carbocycles. The zero-order chi connectivity index (χ0) is 17.4. The van der Waals surface area contributed by atoms with Crippen LogP contribution in [0.3, 0.4) is 0 Å². The summed E-state index contributed by atoms with van der Waals surface area (Å²) in [6.07, 6.45) is 0. The molecule has 24 heavy (non-hydrogen) atoms. The summed E-state index contributed by atoms with van der Waals surface area (Å²) in [7, 11) is 0. The third-order valence-corrected chi connectivity index (χ3v) is 4.23. The van der Waals surface area contributed by atoms with Gasteiger partial charge in [-0.05, 0) is 56.4 Å². The molecule has 0 saturated heterocycles. The third-order valence-electron chi connectivity index (χ3n) is 3.06. The first kappa shape index (κ1) is 18.3. The summed E-state index contributed by atoms with van der Waals surface area (Å²) in [6, 6.07) is 15.8. The number of aryl methyl sites for hydroxylation is 1. The molecular formula is C18H20N2O2S2. The van der Waals surface area contributed by atoms with Crippen molar-refractivity contribution in [2.45, 2.75) is 18.7 Å². The van der Waals surface area contributed by atoms with E-state index in [1.807, 2.05) is 55.5 Å². The number of rotatable bonds is 6. The predicted octanol–water partition coefficient (Wildman–Crippen LogP) is 4.46. The maximum absolute atomic E-state index is 11.4. The van der Waals surface area contributed by atoms with Crippen molar-refractivity contribution >= 4 is 46.4 Å². The van der Waals surface area contributed by atoms with Crippen molar-refractivity contribution in [2.75, 3.05) is 23.0 Å². The monoisotopic (exact) mass is 360 g/mol. The first-order chi connectivity index (χ1) is 11.6. The fraction of sp³-hybridized carbons (Fsp3) is 0.222. The van der Waals surface area contributed by atoms with Gasteiger partial charge < -0.3 is 15.4 Å².